The van der Waals surface area contributed by atoms with Gasteiger partial charge >= 0.3 is 0 Å². The number of ether oxygens (including phenoxy) is 1. The Labute approximate surface area is 104 Å². The van der Waals surface area contributed by atoms with Gasteiger partial charge in [-0.3, -0.25) is 4.79 Å². The molecule has 1 saturated heterocycles. The van der Waals surface area contributed by atoms with Gasteiger partial charge in [0, 0.05) is 13.1 Å². The summed E-state index contributed by atoms with van der Waals surface area (Å²) in [5.41, 5.74) is 6.25. The molecule has 0 saturated carbocycles. The Balaban J connectivity index is 2.11. The second kappa shape index (κ2) is 5.03. The quantitative estimate of drug-likeness (QED) is 0.810. The van der Waals surface area contributed by atoms with Crippen LogP contribution in [-0.4, -0.2) is 47.8 Å². The van der Waals surface area contributed by atoms with Crippen LogP contribution >= 0.6 is 11.3 Å². The zero-order valence-corrected chi connectivity index (χ0v) is 10.4. The summed E-state index contributed by atoms with van der Waals surface area (Å²) >= 11 is 1.34. The van der Waals surface area contributed by atoms with Crippen molar-refractivity contribution in [2.24, 2.45) is 0 Å². The van der Waals surface area contributed by atoms with E-state index in [1.54, 1.807) is 16.3 Å². The average molecular weight is 256 g/mol. The SMILES string of the molecule is CC1CN(C(=O)c2sccc2N)CC(CO)O1. The van der Waals surface area contributed by atoms with Crippen LogP contribution in [0.3, 0.4) is 0 Å². The lowest BCUT2D eigenvalue weighted by molar-refractivity contribution is -0.0857. The minimum absolute atomic E-state index is 0.0639. The van der Waals surface area contributed by atoms with E-state index in [0.717, 1.165) is 0 Å². The van der Waals surface area contributed by atoms with Crippen LogP contribution in [0.15, 0.2) is 11.4 Å². The summed E-state index contributed by atoms with van der Waals surface area (Å²) in [6.07, 6.45) is -0.366. The van der Waals surface area contributed by atoms with Crippen molar-refractivity contribution >= 4 is 22.9 Å². The lowest BCUT2D eigenvalue weighted by Gasteiger charge is -2.35. The van der Waals surface area contributed by atoms with Crippen LogP contribution in [0.4, 0.5) is 5.69 Å². The lowest BCUT2D eigenvalue weighted by Crippen LogP contribution is -2.50. The zero-order valence-electron chi connectivity index (χ0n) is 9.63. The number of nitrogens with two attached hydrogens (primary N) is 1. The van der Waals surface area contributed by atoms with Gasteiger partial charge in [0.2, 0.25) is 0 Å². The van der Waals surface area contributed by atoms with Crippen LogP contribution in [0.2, 0.25) is 0 Å². The molecule has 1 fully saturated rings. The summed E-state index contributed by atoms with van der Waals surface area (Å²) in [7, 11) is 0. The molecule has 0 radical (unpaired) electrons. The standard InChI is InChI=1S/C11H16N2O3S/c1-7-4-13(5-8(6-14)16-7)11(15)10-9(12)2-3-17-10/h2-3,7-8,14H,4-6,12H2,1H3. The third-order valence-electron chi connectivity index (χ3n) is 2.71. The normalized spacial score (nSPS) is 24.9. The predicted octanol–water partition coefficient (Wildman–Crippen LogP) is 0.552. The molecule has 2 unspecified atom stereocenters. The highest BCUT2D eigenvalue weighted by Gasteiger charge is 2.29. The Morgan fingerprint density at radius 2 is 2.47 bits per heavy atom. The van der Waals surface area contributed by atoms with E-state index >= 15 is 0 Å². The Morgan fingerprint density at radius 1 is 1.71 bits per heavy atom. The van der Waals surface area contributed by atoms with Gasteiger partial charge in [0.25, 0.3) is 5.91 Å². The fourth-order valence-electron chi connectivity index (χ4n) is 1.95. The number of morpholine rings is 1. The molecular formula is C11H16N2O3S. The molecule has 3 N–H and O–H groups in total. The number of thiophene rings is 1. The molecule has 0 aliphatic carbocycles. The molecule has 1 aliphatic heterocycles. The first-order chi connectivity index (χ1) is 8.11. The number of hydrogen-bond acceptors (Lipinski definition) is 5. The summed E-state index contributed by atoms with van der Waals surface area (Å²) in [6, 6.07) is 1.73. The molecule has 1 amide bonds. The molecule has 17 heavy (non-hydrogen) atoms. The van der Waals surface area contributed by atoms with Gasteiger partial charge in [-0.1, -0.05) is 0 Å². The van der Waals surface area contributed by atoms with Crippen molar-refractivity contribution in [2.45, 2.75) is 19.1 Å². The summed E-state index contributed by atoms with van der Waals surface area (Å²) in [5.74, 6) is -0.0777. The predicted molar refractivity (Wildman–Crippen MR) is 66.1 cm³/mol. The van der Waals surface area contributed by atoms with Crippen molar-refractivity contribution in [1.82, 2.24) is 4.90 Å². The van der Waals surface area contributed by atoms with Crippen LogP contribution in [-0.2, 0) is 4.74 Å². The van der Waals surface area contributed by atoms with Crippen LogP contribution in [0, 0.1) is 0 Å². The maximum atomic E-state index is 12.2. The Bertz CT molecular complexity index is 407. The lowest BCUT2D eigenvalue weighted by atomic mass is 10.2. The molecule has 94 valence electrons. The third-order valence-corrected chi connectivity index (χ3v) is 3.63. The average Bonchev–Trinajstić information content (AvgIpc) is 2.73. The zero-order chi connectivity index (χ0) is 12.4. The van der Waals surface area contributed by atoms with Gasteiger partial charge in [-0.25, -0.2) is 0 Å². The number of carbonyl (C=O) groups is 1. The minimum atomic E-state index is -0.302. The highest BCUT2D eigenvalue weighted by atomic mass is 32.1. The molecule has 0 aromatic carbocycles. The van der Waals surface area contributed by atoms with Crippen molar-refractivity contribution in [1.29, 1.82) is 0 Å². The third kappa shape index (κ3) is 2.59. The van der Waals surface area contributed by atoms with Gasteiger partial charge < -0.3 is 20.5 Å². The van der Waals surface area contributed by atoms with E-state index < -0.39 is 0 Å². The monoisotopic (exact) mass is 256 g/mol. The molecule has 1 aliphatic rings. The van der Waals surface area contributed by atoms with Gasteiger partial charge in [0.1, 0.15) is 4.88 Å². The first-order valence-electron chi connectivity index (χ1n) is 5.50. The van der Waals surface area contributed by atoms with Crippen LogP contribution in [0.1, 0.15) is 16.6 Å². The minimum Gasteiger partial charge on any atom is -0.397 e. The van der Waals surface area contributed by atoms with Crippen LogP contribution < -0.4 is 5.73 Å². The highest BCUT2D eigenvalue weighted by molar-refractivity contribution is 7.12. The fraction of sp³-hybridized carbons (Fsp3) is 0.545. The van der Waals surface area contributed by atoms with Crippen molar-refractivity contribution in [3.8, 4) is 0 Å². The number of carbonyl (C=O) groups excluding carboxylic acids is 1. The molecule has 0 spiro atoms. The Morgan fingerprint density at radius 3 is 3.06 bits per heavy atom. The second-order valence-electron chi connectivity index (χ2n) is 4.17. The van der Waals surface area contributed by atoms with E-state index in [4.69, 9.17) is 15.6 Å². The fourth-order valence-corrected chi connectivity index (χ4v) is 2.73. The van der Waals surface area contributed by atoms with E-state index in [1.165, 1.54) is 11.3 Å². The molecule has 2 rings (SSSR count). The summed E-state index contributed by atoms with van der Waals surface area (Å²) < 4.78 is 5.49. The number of rotatable bonds is 2. The first-order valence-corrected chi connectivity index (χ1v) is 6.38. The smallest absolute Gasteiger partial charge is 0.266 e. The highest BCUT2D eigenvalue weighted by Crippen LogP contribution is 2.22. The van der Waals surface area contributed by atoms with Crippen molar-refractivity contribution < 1.29 is 14.6 Å². The number of hydrogen-bond donors (Lipinski definition) is 2. The van der Waals surface area contributed by atoms with Gasteiger partial charge in [-0.2, -0.15) is 0 Å². The molecule has 6 heteroatoms. The molecular weight excluding hydrogens is 240 g/mol. The largest absolute Gasteiger partial charge is 0.397 e. The number of nitrogen functional groups attached to an aromatic ring is 1. The summed E-state index contributed by atoms with van der Waals surface area (Å²) in [4.78, 5) is 14.5. The molecule has 1 aromatic rings. The van der Waals surface area contributed by atoms with E-state index in [1.807, 2.05) is 6.92 Å². The number of aliphatic hydroxyl groups excluding tert-OH is 1. The Hall–Kier alpha value is -1.11. The number of anilines is 1. The van der Waals surface area contributed by atoms with Crippen LogP contribution in [0.5, 0.6) is 0 Å². The van der Waals surface area contributed by atoms with E-state index in [0.29, 0.717) is 23.7 Å². The van der Waals surface area contributed by atoms with Crippen molar-refractivity contribution in [3.63, 3.8) is 0 Å². The van der Waals surface area contributed by atoms with Gasteiger partial charge in [-0.05, 0) is 18.4 Å². The van der Waals surface area contributed by atoms with Gasteiger partial charge in [0.05, 0.1) is 24.5 Å². The molecule has 2 atom stereocenters. The number of aliphatic hydroxyl groups is 1. The number of nitrogens with zero attached hydrogens (tertiary/aromatic N) is 1. The molecule has 0 bridgehead atoms. The van der Waals surface area contributed by atoms with Crippen LogP contribution in [0.25, 0.3) is 0 Å². The molecule has 2 heterocycles. The second-order valence-corrected chi connectivity index (χ2v) is 5.08. The first kappa shape index (κ1) is 12.3. The summed E-state index contributed by atoms with van der Waals surface area (Å²) in [6.45, 7) is 2.76. The van der Waals surface area contributed by atoms with E-state index in [2.05, 4.69) is 0 Å². The number of amides is 1. The molecule has 1 aromatic heterocycles. The van der Waals surface area contributed by atoms with Gasteiger partial charge in [0.15, 0.2) is 0 Å². The van der Waals surface area contributed by atoms with E-state index in [9.17, 15) is 4.79 Å². The maximum absolute atomic E-state index is 12.2. The van der Waals surface area contributed by atoms with Gasteiger partial charge in [-0.15, -0.1) is 11.3 Å². The molecule has 5 nitrogen and oxygen atoms in total. The van der Waals surface area contributed by atoms with Crippen molar-refractivity contribution in [2.75, 3.05) is 25.4 Å². The van der Waals surface area contributed by atoms with E-state index in [-0.39, 0.29) is 24.7 Å². The Kier molecular flexibility index (Phi) is 3.66. The summed E-state index contributed by atoms with van der Waals surface area (Å²) in [5, 5.41) is 10.9. The topological polar surface area (TPSA) is 75.8 Å². The van der Waals surface area contributed by atoms with Crippen molar-refractivity contribution in [3.05, 3.63) is 16.3 Å². The maximum Gasteiger partial charge on any atom is 0.266 e.